The van der Waals surface area contributed by atoms with Crippen molar-refractivity contribution in [3.8, 4) is 0 Å². The molecule has 0 aliphatic carbocycles. The van der Waals surface area contributed by atoms with E-state index < -0.39 is 23.5 Å². The van der Waals surface area contributed by atoms with Gasteiger partial charge in [0.1, 0.15) is 17.5 Å². The van der Waals surface area contributed by atoms with Crippen molar-refractivity contribution in [3.63, 3.8) is 0 Å². The van der Waals surface area contributed by atoms with E-state index in [0.717, 1.165) is 12.1 Å². The number of benzene rings is 2. The van der Waals surface area contributed by atoms with Gasteiger partial charge in [0.25, 0.3) is 0 Å². The van der Waals surface area contributed by atoms with E-state index in [2.05, 4.69) is 15.9 Å². The predicted octanol–water partition coefficient (Wildman–Crippen LogP) is 4.11. The molecular weight excluding hydrogens is 319 g/mol. The molecule has 0 radical (unpaired) electrons. The van der Waals surface area contributed by atoms with Gasteiger partial charge in [0.05, 0.1) is 4.47 Å². The van der Waals surface area contributed by atoms with Crippen LogP contribution in [0.2, 0.25) is 0 Å². The van der Waals surface area contributed by atoms with Gasteiger partial charge in [-0.05, 0) is 40.0 Å². The van der Waals surface area contributed by atoms with Crippen molar-refractivity contribution in [2.45, 2.75) is 12.5 Å². The molecule has 0 amide bonds. The molecule has 1 atom stereocenters. The Morgan fingerprint density at radius 3 is 2.47 bits per heavy atom. The van der Waals surface area contributed by atoms with Crippen LogP contribution in [-0.4, -0.2) is 0 Å². The average molecular weight is 330 g/mol. The summed E-state index contributed by atoms with van der Waals surface area (Å²) in [6.45, 7) is 0. The maximum Gasteiger partial charge on any atom is 0.137 e. The number of hydrogen-bond donors (Lipinski definition) is 1. The Balaban J connectivity index is 2.25. The monoisotopic (exact) mass is 329 g/mol. The van der Waals surface area contributed by atoms with Gasteiger partial charge in [-0.2, -0.15) is 0 Å². The number of rotatable bonds is 3. The Labute approximate surface area is 117 Å². The fraction of sp³-hybridized carbons (Fsp3) is 0.143. The molecule has 2 rings (SSSR count). The molecule has 0 saturated carbocycles. The van der Waals surface area contributed by atoms with Crippen molar-refractivity contribution >= 4 is 15.9 Å². The van der Waals surface area contributed by atoms with Crippen LogP contribution >= 0.6 is 15.9 Å². The van der Waals surface area contributed by atoms with Crippen molar-refractivity contribution in [3.05, 3.63) is 69.4 Å². The smallest absolute Gasteiger partial charge is 0.137 e. The highest BCUT2D eigenvalue weighted by molar-refractivity contribution is 9.10. The van der Waals surface area contributed by atoms with Crippen LogP contribution in [0.15, 0.2) is 40.9 Å². The van der Waals surface area contributed by atoms with Crippen LogP contribution in [0.3, 0.4) is 0 Å². The quantitative estimate of drug-likeness (QED) is 0.901. The Kier molecular flexibility index (Phi) is 4.27. The zero-order chi connectivity index (χ0) is 14.0. The first-order valence-electron chi connectivity index (χ1n) is 5.62. The summed E-state index contributed by atoms with van der Waals surface area (Å²) < 4.78 is 40.1. The summed E-state index contributed by atoms with van der Waals surface area (Å²) in [6.07, 6.45) is 0.251. The summed E-state index contributed by atoms with van der Waals surface area (Å²) in [5, 5.41) is 0. The second-order valence-electron chi connectivity index (χ2n) is 4.19. The molecule has 0 heterocycles. The predicted molar refractivity (Wildman–Crippen MR) is 71.1 cm³/mol. The Morgan fingerprint density at radius 2 is 1.79 bits per heavy atom. The van der Waals surface area contributed by atoms with Gasteiger partial charge in [-0.15, -0.1) is 0 Å². The first kappa shape index (κ1) is 14.1. The van der Waals surface area contributed by atoms with E-state index in [0.29, 0.717) is 10.0 Å². The molecule has 2 aromatic carbocycles. The SMILES string of the molecule is NC(Cc1cccc(F)c1Br)c1ccc(F)cc1F. The fourth-order valence-electron chi connectivity index (χ4n) is 1.86. The van der Waals surface area contributed by atoms with E-state index >= 15 is 0 Å². The lowest BCUT2D eigenvalue weighted by atomic mass is 9.99. The Morgan fingerprint density at radius 1 is 1.05 bits per heavy atom. The van der Waals surface area contributed by atoms with E-state index in [4.69, 9.17) is 5.73 Å². The molecule has 1 nitrogen and oxygen atoms in total. The van der Waals surface area contributed by atoms with Gasteiger partial charge in [-0.1, -0.05) is 18.2 Å². The van der Waals surface area contributed by atoms with E-state index in [9.17, 15) is 13.2 Å². The first-order valence-corrected chi connectivity index (χ1v) is 6.41. The highest BCUT2D eigenvalue weighted by atomic mass is 79.9. The van der Waals surface area contributed by atoms with Crippen LogP contribution in [0, 0.1) is 17.5 Å². The molecule has 0 aliphatic heterocycles. The van der Waals surface area contributed by atoms with E-state index in [1.165, 1.54) is 12.1 Å². The second-order valence-corrected chi connectivity index (χ2v) is 4.98. The lowest BCUT2D eigenvalue weighted by Crippen LogP contribution is -2.15. The van der Waals surface area contributed by atoms with Crippen molar-refractivity contribution in [1.82, 2.24) is 0 Å². The lowest BCUT2D eigenvalue weighted by molar-refractivity contribution is 0.553. The van der Waals surface area contributed by atoms with Crippen LogP contribution in [0.5, 0.6) is 0 Å². The fourth-order valence-corrected chi connectivity index (χ4v) is 2.28. The summed E-state index contributed by atoms with van der Waals surface area (Å²) in [7, 11) is 0. The zero-order valence-electron chi connectivity index (χ0n) is 9.84. The highest BCUT2D eigenvalue weighted by Crippen LogP contribution is 2.26. The van der Waals surface area contributed by atoms with Crippen LogP contribution in [0.1, 0.15) is 17.2 Å². The molecule has 5 heteroatoms. The van der Waals surface area contributed by atoms with Gasteiger partial charge in [-0.25, -0.2) is 13.2 Å². The van der Waals surface area contributed by atoms with Crippen LogP contribution in [0.4, 0.5) is 13.2 Å². The molecule has 0 aliphatic rings. The van der Waals surface area contributed by atoms with Crippen molar-refractivity contribution in [1.29, 1.82) is 0 Å². The Bertz CT molecular complexity index is 601. The molecule has 19 heavy (non-hydrogen) atoms. The summed E-state index contributed by atoms with van der Waals surface area (Å²) in [4.78, 5) is 0. The summed E-state index contributed by atoms with van der Waals surface area (Å²) >= 11 is 3.13. The number of halogens is 4. The maximum absolute atomic E-state index is 13.6. The van der Waals surface area contributed by atoms with Gasteiger partial charge in [0.2, 0.25) is 0 Å². The van der Waals surface area contributed by atoms with Crippen LogP contribution in [-0.2, 0) is 6.42 Å². The largest absolute Gasteiger partial charge is 0.324 e. The minimum atomic E-state index is -0.694. The van der Waals surface area contributed by atoms with Gasteiger partial charge in [-0.3, -0.25) is 0 Å². The van der Waals surface area contributed by atoms with Crippen molar-refractivity contribution in [2.24, 2.45) is 5.73 Å². The molecule has 1 unspecified atom stereocenters. The van der Waals surface area contributed by atoms with Gasteiger partial charge >= 0.3 is 0 Å². The first-order chi connectivity index (χ1) is 8.99. The van der Waals surface area contributed by atoms with E-state index in [1.54, 1.807) is 12.1 Å². The zero-order valence-corrected chi connectivity index (χ0v) is 11.4. The normalized spacial score (nSPS) is 12.5. The molecule has 0 aromatic heterocycles. The maximum atomic E-state index is 13.6. The van der Waals surface area contributed by atoms with Gasteiger partial charge < -0.3 is 5.73 Å². The van der Waals surface area contributed by atoms with Crippen LogP contribution < -0.4 is 5.73 Å². The van der Waals surface area contributed by atoms with E-state index in [-0.39, 0.29) is 12.0 Å². The molecule has 2 N–H and O–H groups in total. The minimum Gasteiger partial charge on any atom is -0.324 e. The lowest BCUT2D eigenvalue weighted by Gasteiger charge is -2.14. The summed E-state index contributed by atoms with van der Waals surface area (Å²) in [6, 6.07) is 7.16. The molecule has 100 valence electrons. The third kappa shape index (κ3) is 3.16. The molecule has 0 bridgehead atoms. The van der Waals surface area contributed by atoms with E-state index in [1.807, 2.05) is 0 Å². The minimum absolute atomic E-state index is 0.206. The van der Waals surface area contributed by atoms with Crippen molar-refractivity contribution in [2.75, 3.05) is 0 Å². The van der Waals surface area contributed by atoms with Crippen LogP contribution in [0.25, 0.3) is 0 Å². The molecule has 2 aromatic rings. The second kappa shape index (κ2) is 5.75. The van der Waals surface area contributed by atoms with Gasteiger partial charge in [0, 0.05) is 17.7 Å². The topological polar surface area (TPSA) is 26.0 Å². The number of hydrogen-bond acceptors (Lipinski definition) is 1. The van der Waals surface area contributed by atoms with Gasteiger partial charge in [0.15, 0.2) is 0 Å². The standard InChI is InChI=1S/C14H11BrF3N/c15-14-8(2-1-3-11(14)17)6-13(19)10-5-4-9(16)7-12(10)18/h1-5,7,13H,6,19H2. The van der Waals surface area contributed by atoms with Crippen molar-refractivity contribution < 1.29 is 13.2 Å². The molecular formula is C14H11BrF3N. The number of nitrogens with two attached hydrogens (primary N) is 1. The highest BCUT2D eigenvalue weighted by Gasteiger charge is 2.15. The molecule has 0 fully saturated rings. The summed E-state index contributed by atoms with van der Waals surface area (Å²) in [5.74, 6) is -1.75. The third-order valence-corrected chi connectivity index (χ3v) is 3.72. The Hall–Kier alpha value is -1.33. The summed E-state index contributed by atoms with van der Waals surface area (Å²) in [5.41, 5.74) is 6.73. The third-order valence-electron chi connectivity index (χ3n) is 2.83. The average Bonchev–Trinajstić information content (AvgIpc) is 2.34. The molecule has 0 saturated heterocycles. The molecule has 0 spiro atoms.